The zero-order valence-electron chi connectivity index (χ0n) is 24.3. The van der Waals surface area contributed by atoms with Crippen LogP contribution < -0.4 is 10.0 Å². The standard InChI is InChI=1S/C31H33F3N4O4S2/c1-43(2,3)19-18-42-22-38-17-16-35-30(38)27-12-4-5-13-28(27)36-29(39)15-14-23-8-6-11-26(20-23)44(40,41)37-25-10-7-9-24(21-25)31(32,33)34/h4-17,20-21,37H,18-19,22H2,1-3H3,(H,36,39)/b15-14+. The fourth-order valence-corrected chi connectivity index (χ4v) is 5.74. The Kier molecular flexibility index (Phi) is 10.2. The average Bonchev–Trinajstić information content (AvgIpc) is 3.42. The van der Waals surface area contributed by atoms with E-state index in [9.17, 15) is 26.4 Å². The molecule has 0 bridgehead atoms. The van der Waals surface area contributed by atoms with Crippen LogP contribution in [0.4, 0.5) is 24.5 Å². The Hall–Kier alpha value is -4.07. The molecule has 8 nitrogen and oxygen atoms in total. The number of carbonyl (C=O) groups excluding carboxylic acids is 1. The summed E-state index contributed by atoms with van der Waals surface area (Å²) < 4.78 is 74.8. The lowest BCUT2D eigenvalue weighted by Gasteiger charge is -2.24. The van der Waals surface area contributed by atoms with Gasteiger partial charge in [-0.3, -0.25) is 9.52 Å². The molecule has 4 aromatic rings. The third-order valence-electron chi connectivity index (χ3n) is 6.25. The molecule has 234 valence electrons. The Balaban J connectivity index is 1.44. The maximum absolute atomic E-state index is 13.0. The van der Waals surface area contributed by atoms with Gasteiger partial charge < -0.3 is 14.6 Å². The van der Waals surface area contributed by atoms with Crippen molar-refractivity contribution >= 4 is 43.4 Å². The summed E-state index contributed by atoms with van der Waals surface area (Å²) in [5.74, 6) is 1.14. The van der Waals surface area contributed by atoms with Crippen molar-refractivity contribution in [3.63, 3.8) is 0 Å². The topological polar surface area (TPSA) is 102 Å². The van der Waals surface area contributed by atoms with Crippen LogP contribution in [-0.2, 0) is 32.5 Å². The molecule has 13 heteroatoms. The van der Waals surface area contributed by atoms with Gasteiger partial charge in [0.1, 0.15) is 12.6 Å². The fourth-order valence-electron chi connectivity index (χ4n) is 4.02. The van der Waals surface area contributed by atoms with E-state index in [1.807, 2.05) is 16.7 Å². The first-order valence-corrected chi connectivity index (χ1v) is 17.9. The van der Waals surface area contributed by atoms with E-state index in [-0.39, 0.29) is 10.6 Å². The molecule has 0 saturated carbocycles. The van der Waals surface area contributed by atoms with Gasteiger partial charge in [0.2, 0.25) is 5.91 Å². The van der Waals surface area contributed by atoms with Crippen molar-refractivity contribution < 1.29 is 31.1 Å². The molecule has 2 N–H and O–H groups in total. The van der Waals surface area contributed by atoms with E-state index in [0.717, 1.165) is 24.0 Å². The highest BCUT2D eigenvalue weighted by molar-refractivity contribution is 8.32. The van der Waals surface area contributed by atoms with Gasteiger partial charge in [-0.1, -0.05) is 30.3 Å². The Labute approximate surface area is 256 Å². The monoisotopic (exact) mass is 646 g/mol. The molecule has 0 aliphatic carbocycles. The van der Waals surface area contributed by atoms with Crippen molar-refractivity contribution in [2.24, 2.45) is 0 Å². The molecule has 0 unspecified atom stereocenters. The van der Waals surface area contributed by atoms with Gasteiger partial charge in [-0.15, -0.1) is 0 Å². The number of sulfonamides is 1. The summed E-state index contributed by atoms with van der Waals surface area (Å²) in [6.07, 6.45) is 8.23. The van der Waals surface area contributed by atoms with Crippen LogP contribution in [0.1, 0.15) is 11.1 Å². The van der Waals surface area contributed by atoms with Gasteiger partial charge in [0.25, 0.3) is 10.0 Å². The van der Waals surface area contributed by atoms with Gasteiger partial charge >= 0.3 is 6.18 Å². The maximum atomic E-state index is 13.0. The van der Waals surface area contributed by atoms with Crippen molar-refractivity contribution in [3.05, 3.63) is 102 Å². The molecule has 0 radical (unpaired) electrons. The molecule has 4 rings (SSSR count). The van der Waals surface area contributed by atoms with E-state index in [0.29, 0.717) is 36.0 Å². The highest BCUT2D eigenvalue weighted by Gasteiger charge is 2.30. The third kappa shape index (κ3) is 9.21. The first-order chi connectivity index (χ1) is 20.7. The van der Waals surface area contributed by atoms with Gasteiger partial charge in [-0.25, -0.2) is 23.4 Å². The molecule has 1 heterocycles. The number of rotatable bonds is 12. The molecule has 1 aromatic heterocycles. The number of imidazole rings is 1. The Morgan fingerprint density at radius 2 is 1.75 bits per heavy atom. The number of halogens is 3. The van der Waals surface area contributed by atoms with Gasteiger partial charge in [-0.2, -0.15) is 13.2 Å². The molecule has 0 fully saturated rings. The molecule has 0 aliphatic heterocycles. The molecule has 0 spiro atoms. The largest absolute Gasteiger partial charge is 0.416 e. The van der Waals surface area contributed by atoms with Crippen molar-refractivity contribution in [1.29, 1.82) is 0 Å². The summed E-state index contributed by atoms with van der Waals surface area (Å²) in [7, 11) is -4.88. The smallest absolute Gasteiger partial charge is 0.360 e. The van der Waals surface area contributed by atoms with Crippen LogP contribution in [-0.4, -0.2) is 55.0 Å². The lowest BCUT2D eigenvalue weighted by atomic mass is 10.1. The van der Waals surface area contributed by atoms with Crippen molar-refractivity contribution in [3.8, 4) is 11.4 Å². The zero-order valence-corrected chi connectivity index (χ0v) is 26.0. The van der Waals surface area contributed by atoms with E-state index in [1.54, 1.807) is 30.6 Å². The zero-order chi connectivity index (χ0) is 32.0. The molecule has 0 saturated heterocycles. The third-order valence-corrected chi connectivity index (χ3v) is 9.02. The average molecular weight is 647 g/mol. The van der Waals surface area contributed by atoms with Crippen LogP contribution in [0.2, 0.25) is 0 Å². The van der Waals surface area contributed by atoms with E-state index in [2.05, 4.69) is 33.8 Å². The quantitative estimate of drug-likeness (QED) is 0.132. The molecular formula is C31H33F3N4O4S2. The Morgan fingerprint density at radius 3 is 2.50 bits per heavy atom. The number of para-hydroxylation sites is 1. The number of anilines is 2. The number of aromatic nitrogens is 2. The minimum Gasteiger partial charge on any atom is -0.360 e. The van der Waals surface area contributed by atoms with Crippen LogP contribution >= 0.6 is 10.0 Å². The number of carbonyl (C=O) groups is 1. The Morgan fingerprint density at radius 1 is 1.00 bits per heavy atom. The summed E-state index contributed by atoms with van der Waals surface area (Å²) in [6, 6.07) is 16.8. The van der Waals surface area contributed by atoms with E-state index in [1.165, 1.54) is 36.4 Å². The van der Waals surface area contributed by atoms with Gasteiger partial charge in [0, 0.05) is 35.5 Å². The number of nitrogens with zero attached hydrogens (tertiary/aromatic N) is 2. The second-order valence-corrected chi connectivity index (χ2v) is 16.9. The number of hydrogen-bond donors (Lipinski definition) is 2. The fraction of sp³-hybridized carbons (Fsp3) is 0.226. The van der Waals surface area contributed by atoms with Crippen molar-refractivity contribution in [1.82, 2.24) is 9.55 Å². The molecule has 0 aliphatic rings. The summed E-state index contributed by atoms with van der Waals surface area (Å²) in [5.41, 5.74) is 0.409. The van der Waals surface area contributed by atoms with E-state index < -0.39 is 37.7 Å². The van der Waals surface area contributed by atoms with Gasteiger partial charge in [0.15, 0.2) is 0 Å². The molecule has 44 heavy (non-hydrogen) atoms. The van der Waals surface area contributed by atoms with Gasteiger partial charge in [0.05, 0.1) is 22.8 Å². The first-order valence-electron chi connectivity index (χ1n) is 13.3. The Bertz CT molecular complexity index is 1750. The molecule has 1 amide bonds. The summed E-state index contributed by atoms with van der Waals surface area (Å²) in [6.45, 7) is 0.943. The van der Waals surface area contributed by atoms with Crippen LogP contribution in [0.15, 0.2) is 96.2 Å². The number of ether oxygens (including phenoxy) is 1. The summed E-state index contributed by atoms with van der Waals surface area (Å²) in [4.78, 5) is 17.1. The lowest BCUT2D eigenvalue weighted by molar-refractivity contribution is -0.137. The van der Waals surface area contributed by atoms with Crippen LogP contribution in [0.3, 0.4) is 0 Å². The summed E-state index contributed by atoms with van der Waals surface area (Å²) >= 11 is 0. The highest BCUT2D eigenvalue weighted by atomic mass is 32.3. The molecule has 0 atom stereocenters. The number of amides is 1. The number of nitrogens with one attached hydrogen (secondary N) is 2. The van der Waals surface area contributed by atoms with E-state index >= 15 is 0 Å². The minimum atomic E-state index is -4.62. The van der Waals surface area contributed by atoms with Crippen LogP contribution in [0.5, 0.6) is 0 Å². The van der Waals surface area contributed by atoms with Crippen LogP contribution in [0.25, 0.3) is 17.5 Å². The number of benzene rings is 3. The second kappa shape index (κ2) is 13.7. The molecule has 3 aromatic carbocycles. The van der Waals surface area contributed by atoms with Gasteiger partial charge in [-0.05, 0) is 72.9 Å². The second-order valence-electron chi connectivity index (χ2n) is 10.7. The predicted octanol–water partition coefficient (Wildman–Crippen LogP) is 6.69. The maximum Gasteiger partial charge on any atom is 0.416 e. The minimum absolute atomic E-state index is 0.180. The number of hydrogen-bond acceptors (Lipinski definition) is 5. The highest BCUT2D eigenvalue weighted by Crippen LogP contribution is 2.34. The van der Waals surface area contributed by atoms with Crippen molar-refractivity contribution in [2.75, 3.05) is 41.2 Å². The van der Waals surface area contributed by atoms with E-state index in [4.69, 9.17) is 4.74 Å². The predicted molar refractivity (Wildman–Crippen MR) is 170 cm³/mol. The first kappa shape index (κ1) is 32.8. The SMILES string of the molecule is CS(C)(C)CCOCn1ccnc1-c1ccccc1NC(=O)/C=C/c1cccc(S(=O)(=O)Nc2cccc(C(F)(F)F)c2)c1. The normalized spacial score (nSPS) is 12.8. The van der Waals surface area contributed by atoms with Crippen LogP contribution in [0, 0.1) is 0 Å². The summed E-state index contributed by atoms with van der Waals surface area (Å²) in [5, 5.41) is 2.84. The lowest BCUT2D eigenvalue weighted by Crippen LogP contribution is -2.14. The number of alkyl halides is 3. The molecular weight excluding hydrogens is 613 g/mol. The van der Waals surface area contributed by atoms with Crippen molar-refractivity contribution in [2.45, 2.75) is 17.8 Å².